The van der Waals surface area contributed by atoms with Crippen LogP contribution in [0.15, 0.2) is 0 Å². The molecule has 1 aliphatic carbocycles. The lowest BCUT2D eigenvalue weighted by Gasteiger charge is -2.12. The average Bonchev–Trinajstić information content (AvgIpc) is 2.91. The fourth-order valence-corrected chi connectivity index (χ4v) is 2.74. The van der Waals surface area contributed by atoms with Crippen LogP contribution in [-0.4, -0.2) is 22.9 Å². The molecule has 0 aliphatic heterocycles. The largest absolute Gasteiger partial charge is 0.382 e. The molecule has 0 atom stereocenters. The monoisotopic (exact) mass is 236 g/mol. The number of aryl methyl sites for hydroxylation is 1. The van der Waals surface area contributed by atoms with E-state index in [2.05, 4.69) is 23.8 Å². The minimum Gasteiger partial charge on any atom is -0.382 e. The summed E-state index contributed by atoms with van der Waals surface area (Å²) >= 11 is 0. The van der Waals surface area contributed by atoms with E-state index in [4.69, 9.17) is 10.8 Å². The van der Waals surface area contributed by atoms with Crippen molar-refractivity contribution in [1.29, 1.82) is 0 Å². The number of rotatable bonds is 5. The Labute approximate surface area is 104 Å². The number of nitrogens with zero attached hydrogens (tertiary/aromatic N) is 2. The average molecular weight is 236 g/mol. The normalized spacial score (nSPS) is 16.6. The Kier molecular flexibility index (Phi) is 4.05. The van der Waals surface area contributed by atoms with Crippen molar-refractivity contribution in [3.05, 3.63) is 11.4 Å². The molecule has 0 bridgehead atoms. The Balaban J connectivity index is 2.10. The zero-order chi connectivity index (χ0) is 12.3. The molecule has 0 unspecified atom stereocenters. The van der Waals surface area contributed by atoms with E-state index in [0.717, 1.165) is 25.2 Å². The van der Waals surface area contributed by atoms with E-state index in [-0.39, 0.29) is 0 Å². The molecule has 0 saturated heterocycles. The molecule has 0 aromatic carbocycles. The van der Waals surface area contributed by atoms with Crippen molar-refractivity contribution >= 4 is 5.69 Å². The molecule has 17 heavy (non-hydrogen) atoms. The SMILES string of the molecule is Cc1nn(C2CCCC2)c(C)c1NCCCN. The van der Waals surface area contributed by atoms with Gasteiger partial charge in [0.15, 0.2) is 0 Å². The highest BCUT2D eigenvalue weighted by atomic mass is 15.3. The zero-order valence-electron chi connectivity index (χ0n) is 11.0. The van der Waals surface area contributed by atoms with Gasteiger partial charge in [0, 0.05) is 6.54 Å². The summed E-state index contributed by atoms with van der Waals surface area (Å²) in [5, 5.41) is 8.16. The van der Waals surface area contributed by atoms with Gasteiger partial charge in [-0.05, 0) is 39.7 Å². The highest BCUT2D eigenvalue weighted by Crippen LogP contribution is 2.32. The zero-order valence-corrected chi connectivity index (χ0v) is 11.0. The second kappa shape index (κ2) is 5.54. The predicted molar refractivity (Wildman–Crippen MR) is 71.4 cm³/mol. The minimum absolute atomic E-state index is 0.624. The number of hydrogen-bond donors (Lipinski definition) is 2. The molecular weight excluding hydrogens is 212 g/mol. The van der Waals surface area contributed by atoms with E-state index in [1.807, 2.05) is 0 Å². The van der Waals surface area contributed by atoms with Gasteiger partial charge in [0.25, 0.3) is 0 Å². The second-order valence-corrected chi connectivity index (χ2v) is 5.00. The smallest absolute Gasteiger partial charge is 0.0828 e. The summed E-state index contributed by atoms with van der Waals surface area (Å²) in [7, 11) is 0. The first kappa shape index (κ1) is 12.4. The Hall–Kier alpha value is -1.03. The Morgan fingerprint density at radius 3 is 2.71 bits per heavy atom. The van der Waals surface area contributed by atoms with Gasteiger partial charge in [-0.25, -0.2) is 0 Å². The maximum Gasteiger partial charge on any atom is 0.0828 e. The first-order chi connectivity index (χ1) is 8.24. The quantitative estimate of drug-likeness (QED) is 0.772. The number of anilines is 1. The summed E-state index contributed by atoms with van der Waals surface area (Å²) in [5.74, 6) is 0. The predicted octanol–water partition coefficient (Wildman–Crippen LogP) is 2.38. The fraction of sp³-hybridized carbons (Fsp3) is 0.769. The third-order valence-corrected chi connectivity index (χ3v) is 3.68. The van der Waals surface area contributed by atoms with Gasteiger partial charge in [-0.3, -0.25) is 4.68 Å². The molecule has 1 aromatic rings. The van der Waals surface area contributed by atoms with E-state index >= 15 is 0 Å². The lowest BCUT2D eigenvalue weighted by atomic mass is 10.2. The van der Waals surface area contributed by atoms with Crippen molar-refractivity contribution in [1.82, 2.24) is 9.78 Å². The van der Waals surface area contributed by atoms with Crippen LogP contribution in [0, 0.1) is 13.8 Å². The van der Waals surface area contributed by atoms with Gasteiger partial charge in [0.2, 0.25) is 0 Å². The standard InChI is InChI=1S/C13H24N4/c1-10-13(15-9-5-8-14)11(2)17(16-10)12-6-3-4-7-12/h12,15H,3-9,14H2,1-2H3. The summed E-state index contributed by atoms with van der Waals surface area (Å²) in [6, 6.07) is 0.624. The summed E-state index contributed by atoms with van der Waals surface area (Å²) in [4.78, 5) is 0. The summed E-state index contributed by atoms with van der Waals surface area (Å²) in [5.41, 5.74) is 9.13. The van der Waals surface area contributed by atoms with E-state index in [9.17, 15) is 0 Å². The molecule has 2 rings (SSSR count). The molecule has 3 N–H and O–H groups in total. The Morgan fingerprint density at radius 2 is 2.06 bits per heavy atom. The van der Waals surface area contributed by atoms with Crippen molar-refractivity contribution in [3.63, 3.8) is 0 Å². The van der Waals surface area contributed by atoms with Crippen molar-refractivity contribution in [2.45, 2.75) is 52.0 Å². The van der Waals surface area contributed by atoms with Crippen LogP contribution < -0.4 is 11.1 Å². The van der Waals surface area contributed by atoms with Crippen LogP contribution in [0.2, 0.25) is 0 Å². The molecule has 1 heterocycles. The molecule has 1 aromatic heterocycles. The molecular formula is C13H24N4. The van der Waals surface area contributed by atoms with E-state index in [1.165, 1.54) is 37.1 Å². The summed E-state index contributed by atoms with van der Waals surface area (Å²) < 4.78 is 2.23. The van der Waals surface area contributed by atoms with Gasteiger partial charge < -0.3 is 11.1 Å². The third kappa shape index (κ3) is 2.63. The highest BCUT2D eigenvalue weighted by molar-refractivity contribution is 5.52. The van der Waals surface area contributed by atoms with Gasteiger partial charge >= 0.3 is 0 Å². The van der Waals surface area contributed by atoms with Crippen LogP contribution in [0.5, 0.6) is 0 Å². The molecule has 0 spiro atoms. The number of nitrogens with two attached hydrogens (primary N) is 1. The maximum absolute atomic E-state index is 5.51. The van der Waals surface area contributed by atoms with Crippen LogP contribution >= 0.6 is 0 Å². The molecule has 0 amide bonds. The van der Waals surface area contributed by atoms with Crippen LogP contribution in [0.3, 0.4) is 0 Å². The van der Waals surface area contributed by atoms with E-state index in [0.29, 0.717) is 6.04 Å². The van der Waals surface area contributed by atoms with Gasteiger partial charge in [-0.1, -0.05) is 12.8 Å². The Morgan fingerprint density at radius 1 is 1.35 bits per heavy atom. The molecule has 96 valence electrons. The number of hydrogen-bond acceptors (Lipinski definition) is 3. The van der Waals surface area contributed by atoms with Crippen LogP contribution in [0.4, 0.5) is 5.69 Å². The minimum atomic E-state index is 0.624. The van der Waals surface area contributed by atoms with Crippen molar-refractivity contribution < 1.29 is 0 Å². The first-order valence-electron chi connectivity index (χ1n) is 6.73. The molecule has 4 nitrogen and oxygen atoms in total. The van der Waals surface area contributed by atoms with Crippen LogP contribution in [0.1, 0.15) is 49.5 Å². The van der Waals surface area contributed by atoms with E-state index < -0.39 is 0 Å². The van der Waals surface area contributed by atoms with Gasteiger partial charge in [-0.15, -0.1) is 0 Å². The first-order valence-corrected chi connectivity index (χ1v) is 6.73. The molecule has 1 fully saturated rings. The number of nitrogens with one attached hydrogen (secondary N) is 1. The fourth-order valence-electron chi connectivity index (χ4n) is 2.74. The Bertz CT molecular complexity index is 364. The lowest BCUT2D eigenvalue weighted by Crippen LogP contribution is -2.11. The molecule has 1 aliphatic rings. The summed E-state index contributed by atoms with van der Waals surface area (Å²) in [6.45, 7) is 5.93. The van der Waals surface area contributed by atoms with Crippen molar-refractivity contribution in [2.24, 2.45) is 5.73 Å². The molecule has 1 saturated carbocycles. The van der Waals surface area contributed by atoms with Crippen molar-refractivity contribution in [3.8, 4) is 0 Å². The lowest BCUT2D eigenvalue weighted by molar-refractivity contribution is 0.455. The molecule has 4 heteroatoms. The third-order valence-electron chi connectivity index (χ3n) is 3.68. The van der Waals surface area contributed by atoms with Crippen molar-refractivity contribution in [2.75, 3.05) is 18.4 Å². The number of aromatic nitrogens is 2. The van der Waals surface area contributed by atoms with Crippen LogP contribution in [-0.2, 0) is 0 Å². The van der Waals surface area contributed by atoms with Gasteiger partial charge in [0.1, 0.15) is 0 Å². The van der Waals surface area contributed by atoms with E-state index in [1.54, 1.807) is 0 Å². The molecule has 0 radical (unpaired) electrons. The second-order valence-electron chi connectivity index (χ2n) is 5.00. The maximum atomic E-state index is 5.51. The van der Waals surface area contributed by atoms with Gasteiger partial charge in [0.05, 0.1) is 23.1 Å². The van der Waals surface area contributed by atoms with Gasteiger partial charge in [-0.2, -0.15) is 5.10 Å². The topological polar surface area (TPSA) is 55.9 Å². The summed E-state index contributed by atoms with van der Waals surface area (Å²) in [6.07, 6.45) is 6.26. The van der Waals surface area contributed by atoms with Crippen LogP contribution in [0.25, 0.3) is 0 Å². The highest BCUT2D eigenvalue weighted by Gasteiger charge is 2.21.